The second kappa shape index (κ2) is 6.17. The lowest BCUT2D eigenvalue weighted by atomic mass is 10.1. The van der Waals surface area contributed by atoms with Gasteiger partial charge >= 0.3 is 0 Å². The molecule has 0 heterocycles. The first-order valence-electron chi connectivity index (χ1n) is 6.04. The van der Waals surface area contributed by atoms with E-state index in [2.05, 4.69) is 15.6 Å². The molecule has 0 spiro atoms. The van der Waals surface area contributed by atoms with Crippen LogP contribution in [0.3, 0.4) is 0 Å². The van der Waals surface area contributed by atoms with Gasteiger partial charge < -0.3 is 10.6 Å². The highest BCUT2D eigenvalue weighted by atomic mass is 16.6. The molecule has 0 bridgehead atoms. The maximum atomic E-state index is 10.5. The summed E-state index contributed by atoms with van der Waals surface area (Å²) in [4.78, 5) is 14.3. The number of nitro groups is 1. The Hall–Kier alpha value is -2.11. The first kappa shape index (κ1) is 14.9. The number of benzene rings is 1. The van der Waals surface area contributed by atoms with Crippen molar-refractivity contribution in [1.82, 2.24) is 10.6 Å². The summed E-state index contributed by atoms with van der Waals surface area (Å²) in [7, 11) is 1.71. The van der Waals surface area contributed by atoms with E-state index in [4.69, 9.17) is 0 Å². The van der Waals surface area contributed by atoms with E-state index in [-0.39, 0.29) is 11.2 Å². The maximum Gasteiger partial charge on any atom is 0.269 e. The van der Waals surface area contributed by atoms with Crippen molar-refractivity contribution in [3.63, 3.8) is 0 Å². The van der Waals surface area contributed by atoms with Crippen LogP contribution in [-0.4, -0.2) is 23.5 Å². The lowest BCUT2D eigenvalue weighted by molar-refractivity contribution is -0.384. The van der Waals surface area contributed by atoms with Crippen LogP contribution in [0, 0.1) is 10.1 Å². The van der Waals surface area contributed by atoms with Gasteiger partial charge in [-0.2, -0.15) is 0 Å². The zero-order valence-corrected chi connectivity index (χ0v) is 11.7. The molecule has 0 amide bonds. The van der Waals surface area contributed by atoms with Crippen LogP contribution in [0.25, 0.3) is 0 Å². The van der Waals surface area contributed by atoms with Crippen LogP contribution in [0.5, 0.6) is 0 Å². The van der Waals surface area contributed by atoms with Gasteiger partial charge in [0.2, 0.25) is 0 Å². The van der Waals surface area contributed by atoms with E-state index in [0.717, 1.165) is 5.56 Å². The Kier molecular flexibility index (Phi) is 4.86. The molecule has 1 aromatic rings. The number of nitrogens with one attached hydrogen (secondary N) is 2. The summed E-state index contributed by atoms with van der Waals surface area (Å²) >= 11 is 0. The molecule has 0 aliphatic heterocycles. The van der Waals surface area contributed by atoms with Gasteiger partial charge in [0.15, 0.2) is 5.96 Å². The molecule has 0 saturated carbocycles. The van der Waals surface area contributed by atoms with Crippen molar-refractivity contribution >= 4 is 11.6 Å². The van der Waals surface area contributed by atoms with Gasteiger partial charge in [0.25, 0.3) is 5.69 Å². The molecule has 104 valence electrons. The zero-order valence-electron chi connectivity index (χ0n) is 11.7. The van der Waals surface area contributed by atoms with Gasteiger partial charge in [-0.3, -0.25) is 15.1 Å². The van der Waals surface area contributed by atoms with Gasteiger partial charge in [-0.1, -0.05) is 12.1 Å². The summed E-state index contributed by atoms with van der Waals surface area (Å²) in [6.07, 6.45) is 0. The van der Waals surface area contributed by atoms with E-state index in [1.54, 1.807) is 19.2 Å². The second-order valence-corrected chi connectivity index (χ2v) is 5.22. The molecule has 6 nitrogen and oxygen atoms in total. The molecule has 0 atom stereocenters. The summed E-state index contributed by atoms with van der Waals surface area (Å²) in [5, 5.41) is 16.9. The molecule has 1 rings (SSSR count). The predicted molar refractivity (Wildman–Crippen MR) is 76.2 cm³/mol. The molecular weight excluding hydrogens is 244 g/mol. The fourth-order valence-electron chi connectivity index (χ4n) is 1.46. The van der Waals surface area contributed by atoms with Crippen LogP contribution >= 0.6 is 0 Å². The smallest absolute Gasteiger partial charge is 0.269 e. The van der Waals surface area contributed by atoms with Gasteiger partial charge in [-0.05, 0) is 26.3 Å². The number of hydrogen-bond donors (Lipinski definition) is 2. The topological polar surface area (TPSA) is 79.6 Å². The van der Waals surface area contributed by atoms with Crippen molar-refractivity contribution in [3.05, 3.63) is 39.9 Å². The average Bonchev–Trinajstić information content (AvgIpc) is 2.33. The highest BCUT2D eigenvalue weighted by molar-refractivity contribution is 5.80. The van der Waals surface area contributed by atoms with E-state index in [9.17, 15) is 10.1 Å². The fourth-order valence-corrected chi connectivity index (χ4v) is 1.46. The van der Waals surface area contributed by atoms with Crippen LogP contribution in [0.2, 0.25) is 0 Å². The van der Waals surface area contributed by atoms with E-state index < -0.39 is 4.92 Å². The molecule has 0 radical (unpaired) electrons. The Balaban J connectivity index is 2.58. The van der Waals surface area contributed by atoms with Gasteiger partial charge in [0, 0.05) is 31.3 Å². The summed E-state index contributed by atoms with van der Waals surface area (Å²) in [6.45, 7) is 6.71. The normalized spacial score (nSPS) is 12.1. The Bertz CT molecular complexity index is 461. The molecule has 0 saturated heterocycles. The van der Waals surface area contributed by atoms with Crippen molar-refractivity contribution in [2.75, 3.05) is 7.05 Å². The maximum absolute atomic E-state index is 10.5. The number of nitro benzene ring substituents is 1. The molecule has 2 N–H and O–H groups in total. The summed E-state index contributed by atoms with van der Waals surface area (Å²) < 4.78 is 0. The predicted octanol–water partition coefficient (Wildman–Crippen LogP) is 2.06. The van der Waals surface area contributed by atoms with Crippen LogP contribution in [-0.2, 0) is 6.54 Å². The molecule has 0 aliphatic carbocycles. The molecule has 1 aromatic carbocycles. The van der Waals surface area contributed by atoms with Crippen molar-refractivity contribution in [2.24, 2.45) is 4.99 Å². The van der Waals surface area contributed by atoms with Crippen molar-refractivity contribution in [2.45, 2.75) is 32.9 Å². The summed E-state index contributed by atoms with van der Waals surface area (Å²) in [5.74, 6) is 0.700. The molecule has 0 fully saturated rings. The van der Waals surface area contributed by atoms with Gasteiger partial charge in [-0.15, -0.1) is 0 Å². The zero-order chi connectivity index (χ0) is 14.5. The number of hydrogen-bond acceptors (Lipinski definition) is 3. The van der Waals surface area contributed by atoms with Crippen LogP contribution in [0.1, 0.15) is 26.3 Å². The third-order valence-corrected chi connectivity index (χ3v) is 2.32. The third-order valence-electron chi connectivity index (χ3n) is 2.32. The van der Waals surface area contributed by atoms with Crippen molar-refractivity contribution in [3.8, 4) is 0 Å². The Morgan fingerprint density at radius 1 is 1.32 bits per heavy atom. The van der Waals surface area contributed by atoms with Crippen molar-refractivity contribution < 1.29 is 4.92 Å². The summed E-state index contributed by atoms with van der Waals surface area (Å²) in [5.41, 5.74) is 0.987. The van der Waals surface area contributed by atoms with Crippen LogP contribution in [0.15, 0.2) is 29.3 Å². The molecule has 6 heteroatoms. The Labute approximate surface area is 113 Å². The fraction of sp³-hybridized carbons (Fsp3) is 0.462. The van der Waals surface area contributed by atoms with Gasteiger partial charge in [-0.25, -0.2) is 0 Å². The molecule has 0 aliphatic rings. The van der Waals surface area contributed by atoms with Crippen molar-refractivity contribution in [1.29, 1.82) is 0 Å². The Morgan fingerprint density at radius 3 is 2.32 bits per heavy atom. The van der Waals surface area contributed by atoms with E-state index in [0.29, 0.717) is 12.5 Å². The lowest BCUT2D eigenvalue weighted by Gasteiger charge is -2.23. The summed E-state index contributed by atoms with van der Waals surface area (Å²) in [6, 6.07) is 6.46. The first-order valence-corrected chi connectivity index (χ1v) is 6.04. The Morgan fingerprint density at radius 2 is 1.89 bits per heavy atom. The number of rotatable bonds is 3. The SMILES string of the molecule is CN=C(NCc1ccc([N+](=O)[O-])cc1)NC(C)(C)C. The van der Waals surface area contributed by atoms with Crippen LogP contribution < -0.4 is 10.6 Å². The number of nitrogens with zero attached hydrogens (tertiary/aromatic N) is 2. The van der Waals surface area contributed by atoms with E-state index >= 15 is 0 Å². The highest BCUT2D eigenvalue weighted by Crippen LogP contribution is 2.11. The minimum Gasteiger partial charge on any atom is -0.352 e. The molecule has 19 heavy (non-hydrogen) atoms. The minimum atomic E-state index is -0.405. The van der Waals surface area contributed by atoms with Gasteiger partial charge in [0.05, 0.1) is 4.92 Å². The second-order valence-electron chi connectivity index (χ2n) is 5.22. The standard InChI is InChI=1S/C13H20N4O2/c1-13(2,3)16-12(14-4)15-9-10-5-7-11(8-6-10)17(18)19/h5-8H,9H2,1-4H3,(H2,14,15,16). The lowest BCUT2D eigenvalue weighted by Crippen LogP contribution is -2.47. The average molecular weight is 264 g/mol. The molecule has 0 aromatic heterocycles. The largest absolute Gasteiger partial charge is 0.352 e. The monoisotopic (exact) mass is 264 g/mol. The quantitative estimate of drug-likeness (QED) is 0.379. The highest BCUT2D eigenvalue weighted by Gasteiger charge is 2.11. The van der Waals surface area contributed by atoms with Gasteiger partial charge in [0.1, 0.15) is 0 Å². The number of non-ortho nitro benzene ring substituents is 1. The molecule has 0 unspecified atom stereocenters. The first-order chi connectivity index (χ1) is 8.81. The number of aliphatic imine (C=N–C) groups is 1. The van der Waals surface area contributed by atoms with E-state index in [1.165, 1.54) is 12.1 Å². The minimum absolute atomic E-state index is 0.0721. The molecular formula is C13H20N4O2. The third kappa shape index (κ3) is 5.37. The number of guanidine groups is 1. The van der Waals surface area contributed by atoms with E-state index in [1.807, 2.05) is 20.8 Å². The van der Waals surface area contributed by atoms with Crippen LogP contribution in [0.4, 0.5) is 5.69 Å².